The molecule has 1 N–H and O–H groups in total. The molecule has 0 bridgehead atoms. The first-order valence-electron chi connectivity index (χ1n) is 5.11. The molecule has 1 aromatic rings. The van der Waals surface area contributed by atoms with E-state index >= 15 is 0 Å². The van der Waals surface area contributed by atoms with Crippen molar-refractivity contribution in [3.63, 3.8) is 0 Å². The summed E-state index contributed by atoms with van der Waals surface area (Å²) in [5.74, 6) is 0. The second-order valence-electron chi connectivity index (χ2n) is 3.51. The van der Waals surface area contributed by atoms with Gasteiger partial charge < -0.3 is 10.2 Å². The van der Waals surface area contributed by atoms with Gasteiger partial charge >= 0.3 is 6.03 Å². The molecule has 0 saturated carbocycles. The monoisotopic (exact) mass is 202 g/mol. The van der Waals surface area contributed by atoms with Crippen molar-refractivity contribution in [2.45, 2.75) is 13.0 Å². The highest BCUT2D eigenvalue weighted by Crippen LogP contribution is 2.04. The normalized spacial score (nSPS) is 14.3. The Morgan fingerprint density at radius 1 is 1.33 bits per heavy atom. The van der Waals surface area contributed by atoms with E-state index in [0.29, 0.717) is 6.54 Å². The van der Waals surface area contributed by atoms with Gasteiger partial charge in [-0.1, -0.05) is 36.4 Å². The van der Waals surface area contributed by atoms with E-state index in [1.165, 1.54) is 0 Å². The number of rotatable bonds is 2. The van der Waals surface area contributed by atoms with Crippen molar-refractivity contribution in [1.29, 1.82) is 0 Å². The zero-order valence-corrected chi connectivity index (χ0v) is 8.52. The van der Waals surface area contributed by atoms with Gasteiger partial charge in [0.25, 0.3) is 0 Å². The van der Waals surface area contributed by atoms with Gasteiger partial charge in [-0.15, -0.1) is 0 Å². The molecule has 1 aliphatic rings. The molecule has 0 atom stereocenters. The second kappa shape index (κ2) is 4.64. The van der Waals surface area contributed by atoms with Crippen molar-refractivity contribution in [3.05, 3.63) is 48.2 Å². The summed E-state index contributed by atoms with van der Waals surface area (Å²) in [6.07, 6.45) is 4.79. The molecule has 3 nitrogen and oxygen atoms in total. The summed E-state index contributed by atoms with van der Waals surface area (Å²) >= 11 is 0. The zero-order chi connectivity index (χ0) is 10.5. The highest BCUT2D eigenvalue weighted by molar-refractivity contribution is 5.75. The van der Waals surface area contributed by atoms with Crippen LogP contribution < -0.4 is 5.32 Å². The maximum absolute atomic E-state index is 11.6. The Kier molecular flexibility index (Phi) is 3.02. The molecule has 0 spiro atoms. The van der Waals surface area contributed by atoms with Crippen LogP contribution in [0.15, 0.2) is 42.6 Å². The Bertz CT molecular complexity index is 359. The van der Waals surface area contributed by atoms with Crippen molar-refractivity contribution in [2.75, 3.05) is 6.54 Å². The average molecular weight is 202 g/mol. The van der Waals surface area contributed by atoms with Crippen molar-refractivity contribution >= 4 is 6.03 Å². The standard InChI is InChI=1S/C12H14N2O/c15-12(14-8-4-5-9-14)13-10-11-6-2-1-3-7-11/h1-4,6-8H,5,9-10H2,(H,13,15). The molecular weight excluding hydrogens is 188 g/mol. The second-order valence-corrected chi connectivity index (χ2v) is 3.51. The Morgan fingerprint density at radius 3 is 2.80 bits per heavy atom. The molecule has 0 fully saturated rings. The molecule has 1 heterocycles. The van der Waals surface area contributed by atoms with Crippen LogP contribution in [0.2, 0.25) is 0 Å². The van der Waals surface area contributed by atoms with Gasteiger partial charge in [0.1, 0.15) is 0 Å². The van der Waals surface area contributed by atoms with Crippen LogP contribution in [0.3, 0.4) is 0 Å². The van der Waals surface area contributed by atoms with Crippen LogP contribution in [0.4, 0.5) is 4.79 Å². The molecule has 0 aliphatic carbocycles. The van der Waals surface area contributed by atoms with Gasteiger partial charge in [-0.05, 0) is 12.0 Å². The summed E-state index contributed by atoms with van der Waals surface area (Å²) in [5.41, 5.74) is 1.12. The van der Waals surface area contributed by atoms with Gasteiger partial charge in [0, 0.05) is 19.3 Å². The highest BCUT2D eigenvalue weighted by Gasteiger charge is 2.12. The van der Waals surface area contributed by atoms with Crippen LogP contribution in [0.25, 0.3) is 0 Å². The van der Waals surface area contributed by atoms with E-state index in [4.69, 9.17) is 0 Å². The van der Waals surface area contributed by atoms with E-state index in [1.54, 1.807) is 4.90 Å². The number of hydrogen-bond acceptors (Lipinski definition) is 1. The molecule has 2 amide bonds. The van der Waals surface area contributed by atoms with Gasteiger partial charge in [0.05, 0.1) is 0 Å². The fourth-order valence-electron chi connectivity index (χ4n) is 1.53. The Morgan fingerprint density at radius 2 is 2.13 bits per heavy atom. The van der Waals surface area contributed by atoms with Crippen LogP contribution in [0.5, 0.6) is 0 Å². The molecule has 0 unspecified atom stereocenters. The smallest absolute Gasteiger partial charge is 0.321 e. The zero-order valence-electron chi connectivity index (χ0n) is 8.52. The van der Waals surface area contributed by atoms with E-state index in [1.807, 2.05) is 42.6 Å². The molecule has 1 aliphatic heterocycles. The predicted octanol–water partition coefficient (Wildman–Crippen LogP) is 2.12. The summed E-state index contributed by atoms with van der Waals surface area (Å²) in [6.45, 7) is 1.38. The van der Waals surface area contributed by atoms with E-state index < -0.39 is 0 Å². The lowest BCUT2D eigenvalue weighted by Crippen LogP contribution is -2.34. The number of hydrogen-bond donors (Lipinski definition) is 1. The van der Waals surface area contributed by atoms with Crippen LogP contribution in [0, 0.1) is 0 Å². The molecular formula is C12H14N2O. The van der Waals surface area contributed by atoms with E-state index in [2.05, 4.69) is 5.32 Å². The quantitative estimate of drug-likeness (QED) is 0.782. The fourth-order valence-corrected chi connectivity index (χ4v) is 1.53. The molecule has 0 saturated heterocycles. The molecule has 15 heavy (non-hydrogen) atoms. The van der Waals surface area contributed by atoms with E-state index in [0.717, 1.165) is 18.5 Å². The summed E-state index contributed by atoms with van der Waals surface area (Å²) in [6, 6.07) is 9.89. The lowest BCUT2D eigenvalue weighted by Gasteiger charge is -2.14. The Hall–Kier alpha value is -1.77. The van der Waals surface area contributed by atoms with Gasteiger partial charge in [-0.2, -0.15) is 0 Å². The third kappa shape index (κ3) is 2.59. The number of nitrogens with zero attached hydrogens (tertiary/aromatic N) is 1. The summed E-state index contributed by atoms with van der Waals surface area (Å²) in [5, 5.41) is 2.88. The van der Waals surface area contributed by atoms with Crippen molar-refractivity contribution < 1.29 is 4.79 Å². The number of amides is 2. The largest absolute Gasteiger partial charge is 0.334 e. The SMILES string of the molecule is O=C(NCc1ccccc1)N1C=CCC1. The number of benzene rings is 1. The number of carbonyl (C=O) groups is 1. The van der Waals surface area contributed by atoms with Crippen LogP contribution in [0.1, 0.15) is 12.0 Å². The molecule has 0 aromatic heterocycles. The molecule has 78 valence electrons. The first-order valence-corrected chi connectivity index (χ1v) is 5.11. The van der Waals surface area contributed by atoms with Gasteiger partial charge in [0.2, 0.25) is 0 Å². The third-order valence-electron chi connectivity index (χ3n) is 2.37. The summed E-state index contributed by atoms with van der Waals surface area (Å²) < 4.78 is 0. The Balaban J connectivity index is 1.83. The van der Waals surface area contributed by atoms with Crippen LogP contribution in [-0.4, -0.2) is 17.5 Å². The summed E-state index contributed by atoms with van der Waals surface area (Å²) in [4.78, 5) is 13.3. The molecule has 0 radical (unpaired) electrons. The molecule has 3 heteroatoms. The van der Waals surface area contributed by atoms with Crippen LogP contribution in [-0.2, 0) is 6.54 Å². The minimum absolute atomic E-state index is 0.0207. The summed E-state index contributed by atoms with van der Waals surface area (Å²) in [7, 11) is 0. The molecule has 2 rings (SSSR count). The van der Waals surface area contributed by atoms with Crippen molar-refractivity contribution in [1.82, 2.24) is 10.2 Å². The number of urea groups is 1. The lowest BCUT2D eigenvalue weighted by atomic mass is 10.2. The van der Waals surface area contributed by atoms with Gasteiger partial charge in [0.15, 0.2) is 0 Å². The number of nitrogens with one attached hydrogen (secondary N) is 1. The lowest BCUT2D eigenvalue weighted by molar-refractivity contribution is 0.217. The molecule has 1 aromatic carbocycles. The van der Waals surface area contributed by atoms with Crippen LogP contribution >= 0.6 is 0 Å². The highest BCUT2D eigenvalue weighted by atomic mass is 16.2. The maximum atomic E-state index is 11.6. The van der Waals surface area contributed by atoms with Gasteiger partial charge in [-0.25, -0.2) is 4.79 Å². The van der Waals surface area contributed by atoms with Crippen molar-refractivity contribution in [3.8, 4) is 0 Å². The minimum Gasteiger partial charge on any atom is -0.334 e. The first kappa shape index (κ1) is 9.77. The average Bonchev–Trinajstić information content (AvgIpc) is 2.81. The maximum Gasteiger partial charge on any atom is 0.321 e. The topological polar surface area (TPSA) is 32.3 Å². The van der Waals surface area contributed by atoms with E-state index in [9.17, 15) is 4.79 Å². The minimum atomic E-state index is -0.0207. The first-order chi connectivity index (χ1) is 7.36. The van der Waals surface area contributed by atoms with Gasteiger partial charge in [-0.3, -0.25) is 0 Å². The predicted molar refractivity (Wildman–Crippen MR) is 59.1 cm³/mol. The van der Waals surface area contributed by atoms with E-state index in [-0.39, 0.29) is 6.03 Å². The number of carbonyl (C=O) groups excluding carboxylic acids is 1. The fraction of sp³-hybridized carbons (Fsp3) is 0.250. The van der Waals surface area contributed by atoms with Crippen molar-refractivity contribution in [2.24, 2.45) is 0 Å². The Labute approximate surface area is 89.4 Å². The third-order valence-corrected chi connectivity index (χ3v) is 2.37.